The molecule has 0 aliphatic heterocycles. The second-order valence-electron chi connectivity index (χ2n) is 5.39. The Bertz CT molecular complexity index is 1280. The average Bonchev–Trinajstić information content (AvgIpc) is 2.60. The molecule has 0 unspecified atom stereocenters. The number of rotatable bonds is 6. The van der Waals surface area contributed by atoms with Crippen molar-refractivity contribution in [1.82, 2.24) is 0 Å². The van der Waals surface area contributed by atoms with E-state index in [1.54, 1.807) is 0 Å². The van der Waals surface area contributed by atoms with Gasteiger partial charge in [0, 0.05) is 0 Å². The van der Waals surface area contributed by atoms with Crippen LogP contribution in [-0.2, 0) is 30.1 Å². The maximum atomic E-state index is 12.7. The molecule has 2 aromatic rings. The van der Waals surface area contributed by atoms with E-state index >= 15 is 0 Å². The summed E-state index contributed by atoms with van der Waals surface area (Å²) in [6.07, 6.45) is 0. The quantitative estimate of drug-likeness (QED) is 0.328. The standard InChI is InChI=1S/C14H8F6O8S3/c15-13(16,17)30(23,24)27-9-5-7-10(8-6-9)29(21,22)12-4-2-1-3-11(12)28-31(25,26)14(18,19)20/h1-8H. The monoisotopic (exact) mass is 514 g/mol. The summed E-state index contributed by atoms with van der Waals surface area (Å²) in [7, 11) is -17.0. The normalized spacial score (nSPS) is 13.6. The van der Waals surface area contributed by atoms with Gasteiger partial charge in [0.05, 0.1) is 4.90 Å². The Kier molecular flexibility index (Phi) is 6.28. The van der Waals surface area contributed by atoms with E-state index < -0.39 is 62.4 Å². The number of para-hydroxylation sites is 1. The van der Waals surface area contributed by atoms with Gasteiger partial charge >= 0.3 is 31.3 Å². The lowest BCUT2D eigenvalue weighted by atomic mass is 10.3. The summed E-state index contributed by atoms with van der Waals surface area (Å²) in [6, 6.07) is 5.61. The van der Waals surface area contributed by atoms with E-state index in [1.165, 1.54) is 0 Å². The predicted octanol–water partition coefficient (Wildman–Crippen LogP) is 2.98. The van der Waals surface area contributed by atoms with Crippen molar-refractivity contribution in [2.24, 2.45) is 0 Å². The first-order valence-electron chi connectivity index (χ1n) is 7.34. The lowest BCUT2D eigenvalue weighted by Crippen LogP contribution is -2.28. The third-order valence-corrected chi connectivity index (χ3v) is 7.00. The third-order valence-electron chi connectivity index (χ3n) is 3.25. The van der Waals surface area contributed by atoms with Gasteiger partial charge in [0.25, 0.3) is 0 Å². The van der Waals surface area contributed by atoms with E-state index in [-0.39, 0.29) is 0 Å². The lowest BCUT2D eigenvalue weighted by molar-refractivity contribution is -0.0505. The molecule has 172 valence electrons. The fraction of sp³-hybridized carbons (Fsp3) is 0.143. The maximum Gasteiger partial charge on any atom is 0.534 e. The molecule has 0 N–H and O–H groups in total. The molecule has 2 aromatic carbocycles. The zero-order chi connectivity index (χ0) is 23.9. The van der Waals surface area contributed by atoms with Crippen LogP contribution >= 0.6 is 0 Å². The molecule has 0 saturated carbocycles. The highest BCUT2D eigenvalue weighted by Crippen LogP contribution is 2.34. The van der Waals surface area contributed by atoms with Crippen LogP contribution in [-0.4, -0.2) is 36.3 Å². The number of hydrogen-bond donors (Lipinski definition) is 0. The van der Waals surface area contributed by atoms with Crippen LogP contribution in [0, 0.1) is 0 Å². The minimum absolute atomic E-state index is 0.534. The van der Waals surface area contributed by atoms with E-state index in [2.05, 4.69) is 8.37 Å². The van der Waals surface area contributed by atoms with E-state index in [4.69, 9.17) is 0 Å². The van der Waals surface area contributed by atoms with Crippen molar-refractivity contribution in [3.05, 3.63) is 48.5 Å². The van der Waals surface area contributed by atoms with Crippen LogP contribution in [0.1, 0.15) is 0 Å². The van der Waals surface area contributed by atoms with Crippen LogP contribution in [0.2, 0.25) is 0 Å². The smallest absolute Gasteiger partial charge is 0.376 e. The molecule has 0 aromatic heterocycles. The van der Waals surface area contributed by atoms with E-state index in [9.17, 15) is 51.6 Å². The zero-order valence-corrected chi connectivity index (χ0v) is 16.8. The molecule has 0 spiro atoms. The van der Waals surface area contributed by atoms with Gasteiger partial charge in [0.2, 0.25) is 9.84 Å². The van der Waals surface area contributed by atoms with Crippen molar-refractivity contribution in [3.8, 4) is 11.5 Å². The Balaban J connectivity index is 2.44. The molecule has 0 aliphatic rings. The minimum atomic E-state index is -6.21. The fourth-order valence-corrected chi connectivity index (χ4v) is 4.25. The Morgan fingerprint density at radius 2 is 1.06 bits per heavy atom. The average molecular weight is 514 g/mol. The summed E-state index contributed by atoms with van der Waals surface area (Å²) >= 11 is 0. The van der Waals surface area contributed by atoms with Crippen LogP contribution in [0.15, 0.2) is 58.3 Å². The molecular weight excluding hydrogens is 506 g/mol. The Morgan fingerprint density at radius 3 is 1.55 bits per heavy atom. The highest BCUT2D eigenvalue weighted by atomic mass is 32.2. The van der Waals surface area contributed by atoms with Gasteiger partial charge in [0.15, 0.2) is 5.75 Å². The summed E-state index contributed by atoms with van der Waals surface area (Å²) < 4.78 is 152. The Labute approximate surface area is 171 Å². The first-order chi connectivity index (χ1) is 13.9. The summed E-state index contributed by atoms with van der Waals surface area (Å²) in [6.45, 7) is 0. The number of hydrogen-bond acceptors (Lipinski definition) is 8. The first-order valence-corrected chi connectivity index (χ1v) is 11.6. The largest absolute Gasteiger partial charge is 0.534 e. The molecule has 0 atom stereocenters. The highest BCUT2D eigenvalue weighted by molar-refractivity contribution is 7.91. The van der Waals surface area contributed by atoms with Gasteiger partial charge in [0.1, 0.15) is 10.6 Å². The molecule has 31 heavy (non-hydrogen) atoms. The van der Waals surface area contributed by atoms with E-state index in [0.29, 0.717) is 30.3 Å². The van der Waals surface area contributed by atoms with Crippen molar-refractivity contribution in [2.75, 3.05) is 0 Å². The molecule has 0 amide bonds. The topological polar surface area (TPSA) is 121 Å². The highest BCUT2D eigenvalue weighted by Gasteiger charge is 2.49. The maximum absolute atomic E-state index is 12.7. The molecule has 8 nitrogen and oxygen atoms in total. The van der Waals surface area contributed by atoms with E-state index in [1.807, 2.05) is 0 Å². The SMILES string of the molecule is O=S(=O)(c1ccc(OS(=O)(=O)C(F)(F)F)cc1)c1ccccc1OS(=O)(=O)C(F)(F)F. The summed E-state index contributed by atoms with van der Waals surface area (Å²) in [4.78, 5) is -1.76. The summed E-state index contributed by atoms with van der Waals surface area (Å²) in [5.74, 6) is -2.11. The van der Waals surface area contributed by atoms with Crippen LogP contribution in [0.3, 0.4) is 0 Å². The van der Waals surface area contributed by atoms with Crippen molar-refractivity contribution in [3.63, 3.8) is 0 Å². The molecule has 0 heterocycles. The first kappa shape index (κ1) is 24.7. The van der Waals surface area contributed by atoms with Crippen LogP contribution in [0.5, 0.6) is 11.5 Å². The second kappa shape index (κ2) is 7.86. The van der Waals surface area contributed by atoms with E-state index in [0.717, 1.165) is 18.2 Å². The summed E-state index contributed by atoms with van der Waals surface area (Å²) in [5, 5.41) is 0. The molecule has 0 aliphatic carbocycles. The number of halogens is 6. The molecule has 0 saturated heterocycles. The van der Waals surface area contributed by atoms with Gasteiger partial charge in [-0.05, 0) is 36.4 Å². The van der Waals surface area contributed by atoms with Gasteiger partial charge in [-0.2, -0.15) is 43.2 Å². The van der Waals surface area contributed by atoms with Gasteiger partial charge in [-0.3, -0.25) is 0 Å². The predicted molar refractivity (Wildman–Crippen MR) is 89.5 cm³/mol. The number of sulfone groups is 1. The fourth-order valence-electron chi connectivity index (χ4n) is 1.88. The van der Waals surface area contributed by atoms with Crippen molar-refractivity contribution in [1.29, 1.82) is 0 Å². The number of benzene rings is 2. The summed E-state index contributed by atoms with van der Waals surface area (Å²) in [5.41, 5.74) is -11.6. The molecule has 2 rings (SSSR count). The van der Waals surface area contributed by atoms with Crippen LogP contribution in [0.4, 0.5) is 26.3 Å². The molecule has 0 radical (unpaired) electrons. The minimum Gasteiger partial charge on any atom is -0.376 e. The van der Waals surface area contributed by atoms with Crippen molar-refractivity contribution < 1.29 is 60.0 Å². The molecule has 0 fully saturated rings. The molecule has 0 bridgehead atoms. The van der Waals surface area contributed by atoms with Crippen molar-refractivity contribution >= 4 is 30.1 Å². The molecule has 17 heteroatoms. The van der Waals surface area contributed by atoms with Gasteiger partial charge in [-0.25, -0.2) is 8.42 Å². The van der Waals surface area contributed by atoms with Crippen LogP contribution < -0.4 is 8.37 Å². The second-order valence-corrected chi connectivity index (χ2v) is 10.4. The third kappa shape index (κ3) is 5.21. The van der Waals surface area contributed by atoms with Gasteiger partial charge in [-0.15, -0.1) is 0 Å². The molecular formula is C14H8F6O8S3. The van der Waals surface area contributed by atoms with Crippen LogP contribution in [0.25, 0.3) is 0 Å². The zero-order valence-electron chi connectivity index (χ0n) is 14.4. The van der Waals surface area contributed by atoms with Crippen molar-refractivity contribution in [2.45, 2.75) is 20.8 Å². The lowest BCUT2D eigenvalue weighted by Gasteiger charge is -2.13. The van der Waals surface area contributed by atoms with Gasteiger partial charge in [-0.1, -0.05) is 12.1 Å². The number of alkyl halides is 6. The Morgan fingerprint density at radius 1 is 0.613 bits per heavy atom. The van der Waals surface area contributed by atoms with Gasteiger partial charge < -0.3 is 8.37 Å². The Hall–Kier alpha value is -2.53.